The van der Waals surface area contributed by atoms with Crippen molar-refractivity contribution in [2.24, 2.45) is 5.73 Å². The van der Waals surface area contributed by atoms with Gasteiger partial charge in [-0.05, 0) is 0 Å². The molecule has 1 saturated heterocycles. The summed E-state index contributed by atoms with van der Waals surface area (Å²) in [4.78, 5) is 21.0. The molecule has 1 heterocycles. The van der Waals surface area contributed by atoms with Gasteiger partial charge in [0.05, 0.1) is 18.0 Å². The van der Waals surface area contributed by atoms with E-state index >= 15 is 0 Å². The number of carbonyl (C=O) groups excluding carboxylic acids is 2. The summed E-state index contributed by atoms with van der Waals surface area (Å²) in [7, 11) is 0. The van der Waals surface area contributed by atoms with Gasteiger partial charge >= 0.3 is 35.6 Å². The molecule has 0 aliphatic carbocycles. The average molecular weight is 257 g/mol. The molecule has 1 aliphatic rings. The topological polar surface area (TPSA) is 115 Å². The number of primary amides is 1. The van der Waals surface area contributed by atoms with E-state index in [2.05, 4.69) is 10.9 Å². The van der Waals surface area contributed by atoms with Gasteiger partial charge in [0.1, 0.15) is 0 Å². The van der Waals surface area contributed by atoms with Crippen molar-refractivity contribution in [2.45, 2.75) is 18.6 Å². The first-order valence-corrected chi connectivity index (χ1v) is 4.70. The van der Waals surface area contributed by atoms with E-state index < -0.39 is 17.5 Å². The first-order chi connectivity index (χ1) is 6.91. The predicted molar refractivity (Wildman–Crippen MR) is 49.1 cm³/mol. The number of carboxylic acids is 1. The van der Waals surface area contributed by atoms with Gasteiger partial charge < -0.3 is 28.3 Å². The Hall–Kier alpha value is -0.0300. The van der Waals surface area contributed by atoms with Crippen LogP contribution in [-0.4, -0.2) is 35.2 Å². The summed E-state index contributed by atoms with van der Waals surface area (Å²) in [6.45, 7) is 1.39. The van der Waals surface area contributed by atoms with Gasteiger partial charge in [-0.2, -0.15) is 10.4 Å². The Bertz CT molecular complexity index is 281. The third kappa shape index (κ3) is 4.09. The van der Waals surface area contributed by atoms with Gasteiger partial charge in [-0.15, -0.1) is 0 Å². The number of carbonyl (C=O) groups is 2. The second kappa shape index (κ2) is 6.64. The SMILES string of the molecule is CC1N(CC(=O)[O-])NC([S-])[NH+]1NC(N)=O.[Na+]. The number of nitrogens with zero attached hydrogens (tertiary/aromatic N) is 1. The van der Waals surface area contributed by atoms with Crippen LogP contribution in [-0.2, 0) is 17.4 Å². The fourth-order valence-electron chi connectivity index (χ4n) is 1.35. The van der Waals surface area contributed by atoms with Gasteiger partial charge in [-0.1, -0.05) is 0 Å². The Morgan fingerprint density at radius 1 is 1.69 bits per heavy atom. The Morgan fingerprint density at radius 2 is 2.25 bits per heavy atom. The number of nitrogens with two attached hydrogens (primary N) is 1. The second-order valence-corrected chi connectivity index (χ2v) is 3.60. The first-order valence-electron chi connectivity index (χ1n) is 4.23. The van der Waals surface area contributed by atoms with Crippen LogP contribution in [0.3, 0.4) is 0 Å². The van der Waals surface area contributed by atoms with Crippen LogP contribution in [0.5, 0.6) is 0 Å². The zero-order valence-corrected chi connectivity index (χ0v) is 11.8. The number of nitrogens with one attached hydrogen (secondary N) is 3. The number of carboxylic acid groups (broad SMARTS) is 1. The van der Waals surface area contributed by atoms with Crippen molar-refractivity contribution in [1.29, 1.82) is 0 Å². The molecule has 0 aromatic rings. The van der Waals surface area contributed by atoms with Gasteiger partial charge in [-0.3, -0.25) is 0 Å². The third-order valence-corrected chi connectivity index (χ3v) is 2.41. The summed E-state index contributed by atoms with van der Waals surface area (Å²) in [5.74, 6) is -1.23. The summed E-state index contributed by atoms with van der Waals surface area (Å²) < 4.78 is 0. The van der Waals surface area contributed by atoms with E-state index in [4.69, 9.17) is 18.4 Å². The Labute approximate surface area is 120 Å². The van der Waals surface area contributed by atoms with Crippen LogP contribution in [0.15, 0.2) is 0 Å². The minimum atomic E-state index is -1.23. The van der Waals surface area contributed by atoms with Crippen molar-refractivity contribution >= 4 is 24.6 Å². The standard InChI is InChI=1S/C6H13N5O3S.Na/c1-3-10(2-4(12)13)9-6(15)11(3)8-5(7)14;/h3,6,9,15H,2H2,1H3,(H,12,13)(H3,7,8,14);/q;+1/p-1. The molecule has 0 aromatic heterocycles. The molecule has 0 radical (unpaired) electrons. The quantitative estimate of drug-likeness (QED) is 0.295. The van der Waals surface area contributed by atoms with Crippen molar-refractivity contribution in [1.82, 2.24) is 15.9 Å². The molecule has 0 spiro atoms. The number of rotatable bonds is 3. The van der Waals surface area contributed by atoms with Gasteiger partial charge in [-0.25, -0.2) is 15.2 Å². The molecule has 86 valence electrons. The molecule has 8 nitrogen and oxygen atoms in total. The molecule has 5 N–H and O–H groups in total. The first kappa shape index (κ1) is 16.0. The molecule has 0 bridgehead atoms. The molecular weight excluding hydrogens is 245 g/mol. The minimum Gasteiger partial charge on any atom is -0.707 e. The van der Waals surface area contributed by atoms with Gasteiger partial charge in [0.15, 0.2) is 6.17 Å². The van der Waals surface area contributed by atoms with Crippen LogP contribution in [0.25, 0.3) is 0 Å². The van der Waals surface area contributed by atoms with Crippen molar-refractivity contribution in [2.75, 3.05) is 6.54 Å². The maximum Gasteiger partial charge on any atom is 1.00 e. The fraction of sp³-hybridized carbons (Fsp3) is 0.667. The number of hydrazine groups is 1. The smallest absolute Gasteiger partial charge is 0.707 e. The number of quaternary nitrogens is 1. The molecule has 2 amide bonds. The van der Waals surface area contributed by atoms with E-state index in [1.54, 1.807) is 6.92 Å². The van der Waals surface area contributed by atoms with E-state index in [1.165, 1.54) is 5.01 Å². The number of amides is 2. The molecule has 1 fully saturated rings. The minimum absolute atomic E-state index is 0. The van der Waals surface area contributed by atoms with Crippen molar-refractivity contribution in [3.05, 3.63) is 0 Å². The summed E-state index contributed by atoms with van der Waals surface area (Å²) in [5, 5.41) is 12.2. The van der Waals surface area contributed by atoms with Crippen LogP contribution >= 0.6 is 0 Å². The number of aliphatic carboxylic acids is 1. The normalized spacial score (nSPS) is 29.5. The van der Waals surface area contributed by atoms with Crippen LogP contribution in [0.4, 0.5) is 4.79 Å². The summed E-state index contributed by atoms with van der Waals surface area (Å²) >= 11 is 4.98. The number of urea groups is 1. The third-order valence-electron chi connectivity index (χ3n) is 2.05. The van der Waals surface area contributed by atoms with E-state index in [-0.39, 0.29) is 42.3 Å². The molecule has 10 heteroatoms. The second-order valence-electron chi connectivity index (χ2n) is 3.13. The monoisotopic (exact) mass is 257 g/mol. The van der Waals surface area contributed by atoms with Crippen molar-refractivity contribution in [3.63, 3.8) is 0 Å². The van der Waals surface area contributed by atoms with E-state index in [1.807, 2.05) is 0 Å². The van der Waals surface area contributed by atoms with Crippen molar-refractivity contribution in [3.8, 4) is 0 Å². The van der Waals surface area contributed by atoms with Crippen molar-refractivity contribution < 1.29 is 49.3 Å². The summed E-state index contributed by atoms with van der Waals surface area (Å²) in [6, 6.07) is -0.719. The molecule has 3 atom stereocenters. The molecule has 0 saturated carbocycles. The largest absolute Gasteiger partial charge is 1.00 e. The number of hydrogen-bond acceptors (Lipinski definition) is 6. The van der Waals surface area contributed by atoms with E-state index in [0.29, 0.717) is 5.01 Å². The van der Waals surface area contributed by atoms with Gasteiger partial charge in [0.2, 0.25) is 0 Å². The maximum atomic E-state index is 10.6. The van der Waals surface area contributed by atoms with Crippen LogP contribution < -0.4 is 56.3 Å². The number of hydrogen-bond donors (Lipinski definition) is 4. The molecule has 16 heavy (non-hydrogen) atoms. The Morgan fingerprint density at radius 3 is 2.69 bits per heavy atom. The fourth-order valence-corrected chi connectivity index (χ4v) is 1.74. The summed E-state index contributed by atoms with van der Waals surface area (Å²) in [6.07, 6.45) is -0.335. The molecule has 0 aromatic carbocycles. The Kier molecular flexibility index (Phi) is 6.63. The van der Waals surface area contributed by atoms with Gasteiger partial charge in [0.25, 0.3) is 0 Å². The van der Waals surface area contributed by atoms with Crippen LogP contribution in [0, 0.1) is 0 Å². The zero-order valence-electron chi connectivity index (χ0n) is 9.02. The van der Waals surface area contributed by atoms with Crippen LogP contribution in [0.1, 0.15) is 6.92 Å². The van der Waals surface area contributed by atoms with E-state index in [0.717, 1.165) is 0 Å². The molecule has 1 aliphatic heterocycles. The predicted octanol–water partition coefficient (Wildman–Crippen LogP) is -7.79. The zero-order chi connectivity index (χ0) is 11.6. The molecular formula is C6H12N5NaO3S. The summed E-state index contributed by atoms with van der Waals surface area (Å²) in [5.41, 5.74) is 9.48. The maximum absolute atomic E-state index is 10.6. The molecule has 3 unspecified atom stereocenters. The van der Waals surface area contributed by atoms with Crippen LogP contribution in [0.2, 0.25) is 0 Å². The van der Waals surface area contributed by atoms with Gasteiger partial charge in [0, 0.05) is 6.92 Å². The Balaban J connectivity index is 0.00000225. The average Bonchev–Trinajstić information content (AvgIpc) is 2.31. The van der Waals surface area contributed by atoms with E-state index in [9.17, 15) is 14.7 Å². The molecule has 1 rings (SSSR count).